The largest absolute Gasteiger partial charge is 0.466 e. The number of esters is 1. The summed E-state index contributed by atoms with van der Waals surface area (Å²) in [4.78, 5) is 16.4. The Hall–Kier alpha value is -2.41. The molecule has 2 rings (SSSR count). The van der Waals surface area contributed by atoms with Crippen LogP contribution >= 0.6 is 0 Å². The molecule has 2 atom stereocenters. The van der Waals surface area contributed by atoms with Gasteiger partial charge in [-0.25, -0.2) is 4.79 Å². The molecular formula is C16H16N2O2. The molecule has 0 spiro atoms. The van der Waals surface area contributed by atoms with E-state index in [0.29, 0.717) is 11.3 Å². The molecule has 102 valence electrons. The number of carbonyl (C=O) groups excluding carboxylic acids is 1. The summed E-state index contributed by atoms with van der Waals surface area (Å²) in [5, 5.41) is 9.45. The third-order valence-corrected chi connectivity index (χ3v) is 3.53. The van der Waals surface area contributed by atoms with Crippen molar-refractivity contribution in [3.63, 3.8) is 0 Å². The van der Waals surface area contributed by atoms with Crippen LogP contribution in [0.5, 0.6) is 0 Å². The number of allylic oxidation sites excluding steroid dienone is 1. The van der Waals surface area contributed by atoms with Crippen molar-refractivity contribution in [2.75, 3.05) is 7.11 Å². The highest BCUT2D eigenvalue weighted by Gasteiger charge is 2.37. The molecule has 20 heavy (non-hydrogen) atoms. The molecule has 0 saturated heterocycles. The summed E-state index contributed by atoms with van der Waals surface area (Å²) in [5.41, 5.74) is 2.74. The number of hydrogen-bond donors (Lipinski definition) is 0. The number of nitrogens with zero attached hydrogens (tertiary/aromatic N) is 2. The summed E-state index contributed by atoms with van der Waals surface area (Å²) >= 11 is 0. The molecule has 2 unspecified atom stereocenters. The number of benzene rings is 1. The van der Waals surface area contributed by atoms with Gasteiger partial charge in [-0.05, 0) is 19.4 Å². The van der Waals surface area contributed by atoms with E-state index < -0.39 is 11.9 Å². The molecule has 1 aromatic rings. The Kier molecular flexibility index (Phi) is 3.99. The molecule has 0 aromatic heterocycles. The lowest BCUT2D eigenvalue weighted by molar-refractivity contribution is -0.136. The first-order valence-corrected chi connectivity index (χ1v) is 6.39. The van der Waals surface area contributed by atoms with Crippen LogP contribution in [0.1, 0.15) is 25.3 Å². The van der Waals surface area contributed by atoms with Gasteiger partial charge in [0.15, 0.2) is 0 Å². The van der Waals surface area contributed by atoms with Gasteiger partial charge in [-0.3, -0.25) is 4.99 Å². The molecule has 4 heteroatoms. The predicted octanol–water partition coefficient (Wildman–Crippen LogP) is 2.83. The van der Waals surface area contributed by atoms with E-state index in [4.69, 9.17) is 4.74 Å². The quantitative estimate of drug-likeness (QED) is 0.775. The lowest BCUT2D eigenvalue weighted by Gasteiger charge is -2.28. The Balaban J connectivity index is 2.62. The lowest BCUT2D eigenvalue weighted by Crippen LogP contribution is -2.29. The smallest absolute Gasteiger partial charge is 0.336 e. The Morgan fingerprint density at radius 3 is 2.50 bits per heavy atom. The maximum Gasteiger partial charge on any atom is 0.336 e. The number of hydrogen-bond acceptors (Lipinski definition) is 4. The monoisotopic (exact) mass is 268 g/mol. The van der Waals surface area contributed by atoms with E-state index >= 15 is 0 Å². The third-order valence-electron chi connectivity index (χ3n) is 3.53. The van der Waals surface area contributed by atoms with Crippen LogP contribution in [0.15, 0.2) is 46.6 Å². The normalized spacial score (nSPS) is 22.0. The highest BCUT2D eigenvalue weighted by Crippen LogP contribution is 2.38. The molecule has 0 bridgehead atoms. The van der Waals surface area contributed by atoms with Crippen molar-refractivity contribution in [3.8, 4) is 6.07 Å². The number of nitriles is 1. The SMILES string of the molecule is COC(=O)C1=C(C)N=C(C)C(C#N)C1c1ccccc1. The van der Waals surface area contributed by atoms with Crippen LogP contribution < -0.4 is 0 Å². The van der Waals surface area contributed by atoms with Gasteiger partial charge in [0, 0.05) is 17.3 Å². The van der Waals surface area contributed by atoms with E-state index in [0.717, 1.165) is 11.3 Å². The topological polar surface area (TPSA) is 62.4 Å². The van der Waals surface area contributed by atoms with Crippen LogP contribution in [0.25, 0.3) is 0 Å². The Morgan fingerprint density at radius 1 is 1.30 bits per heavy atom. The van der Waals surface area contributed by atoms with E-state index in [2.05, 4.69) is 11.1 Å². The zero-order valence-corrected chi connectivity index (χ0v) is 11.8. The maximum atomic E-state index is 12.1. The van der Waals surface area contributed by atoms with Crippen molar-refractivity contribution in [1.29, 1.82) is 5.26 Å². The Morgan fingerprint density at radius 2 is 1.95 bits per heavy atom. The number of rotatable bonds is 2. The van der Waals surface area contributed by atoms with Gasteiger partial charge < -0.3 is 4.74 Å². The molecule has 0 amide bonds. The van der Waals surface area contributed by atoms with E-state index in [1.807, 2.05) is 37.3 Å². The Labute approximate surface area is 118 Å². The molecule has 4 nitrogen and oxygen atoms in total. The highest BCUT2D eigenvalue weighted by molar-refractivity contribution is 5.98. The highest BCUT2D eigenvalue weighted by atomic mass is 16.5. The summed E-state index contributed by atoms with van der Waals surface area (Å²) in [6, 6.07) is 11.8. The van der Waals surface area contributed by atoms with Crippen molar-refractivity contribution >= 4 is 11.7 Å². The molecule has 1 aliphatic rings. The first kappa shape index (κ1) is 14.0. The minimum Gasteiger partial charge on any atom is -0.466 e. The predicted molar refractivity (Wildman–Crippen MR) is 76.1 cm³/mol. The second-order valence-electron chi connectivity index (χ2n) is 4.74. The van der Waals surface area contributed by atoms with Crippen molar-refractivity contribution in [2.45, 2.75) is 19.8 Å². The average Bonchev–Trinajstić information content (AvgIpc) is 2.46. The molecule has 1 aromatic carbocycles. The van der Waals surface area contributed by atoms with Gasteiger partial charge in [0.25, 0.3) is 0 Å². The van der Waals surface area contributed by atoms with Gasteiger partial charge in [-0.2, -0.15) is 5.26 Å². The summed E-state index contributed by atoms with van der Waals surface area (Å²) in [6.45, 7) is 3.60. The van der Waals surface area contributed by atoms with E-state index in [1.54, 1.807) is 6.92 Å². The van der Waals surface area contributed by atoms with Crippen LogP contribution in [0, 0.1) is 17.2 Å². The third kappa shape index (κ3) is 2.35. The second-order valence-corrected chi connectivity index (χ2v) is 4.74. The van der Waals surface area contributed by atoms with E-state index in [9.17, 15) is 10.1 Å². The van der Waals surface area contributed by atoms with Crippen LogP contribution in [0.3, 0.4) is 0 Å². The van der Waals surface area contributed by atoms with Crippen molar-refractivity contribution in [1.82, 2.24) is 0 Å². The first-order valence-electron chi connectivity index (χ1n) is 6.39. The first-order chi connectivity index (χ1) is 9.60. The summed E-state index contributed by atoms with van der Waals surface area (Å²) in [6.07, 6.45) is 0. The van der Waals surface area contributed by atoms with E-state index in [-0.39, 0.29) is 5.92 Å². The van der Waals surface area contributed by atoms with Gasteiger partial charge >= 0.3 is 5.97 Å². The number of ether oxygens (including phenoxy) is 1. The molecule has 0 radical (unpaired) electrons. The molecule has 0 fully saturated rings. The van der Waals surface area contributed by atoms with Gasteiger partial charge in [-0.1, -0.05) is 30.3 Å². The van der Waals surface area contributed by atoms with Crippen LogP contribution in [0.4, 0.5) is 0 Å². The minimum absolute atomic E-state index is 0.328. The standard InChI is InChI=1S/C16H16N2O2/c1-10-13(9-17)15(12-7-5-4-6-8-12)14(11(2)18-10)16(19)20-3/h4-8,13,15H,1-3H3. The van der Waals surface area contributed by atoms with Gasteiger partial charge in [0.2, 0.25) is 0 Å². The van der Waals surface area contributed by atoms with Crippen molar-refractivity contribution in [2.24, 2.45) is 10.9 Å². The molecule has 1 heterocycles. The molecule has 1 aliphatic heterocycles. The van der Waals surface area contributed by atoms with Gasteiger partial charge in [0.05, 0.1) is 24.7 Å². The number of methoxy groups -OCH3 is 1. The summed E-state index contributed by atoms with van der Waals surface area (Å²) in [7, 11) is 1.34. The fraction of sp³-hybridized carbons (Fsp3) is 0.312. The minimum atomic E-state index is -0.449. The molecule has 0 saturated carbocycles. The fourth-order valence-electron chi connectivity index (χ4n) is 2.60. The average molecular weight is 268 g/mol. The molecule has 0 N–H and O–H groups in total. The van der Waals surface area contributed by atoms with Crippen LogP contribution in [0.2, 0.25) is 0 Å². The zero-order valence-electron chi connectivity index (χ0n) is 11.8. The van der Waals surface area contributed by atoms with Crippen molar-refractivity contribution in [3.05, 3.63) is 47.2 Å². The van der Waals surface area contributed by atoms with E-state index in [1.165, 1.54) is 7.11 Å². The summed E-state index contributed by atoms with van der Waals surface area (Å²) < 4.78 is 4.86. The second kappa shape index (κ2) is 5.70. The number of aliphatic imine (C=N–C) groups is 1. The number of carbonyl (C=O) groups is 1. The zero-order chi connectivity index (χ0) is 14.7. The fourth-order valence-corrected chi connectivity index (χ4v) is 2.60. The maximum absolute atomic E-state index is 12.1. The summed E-state index contributed by atoms with van der Waals surface area (Å²) in [5.74, 6) is -1.20. The molecule has 0 aliphatic carbocycles. The van der Waals surface area contributed by atoms with Crippen molar-refractivity contribution < 1.29 is 9.53 Å². The Bertz CT molecular complexity index is 624. The molecular weight excluding hydrogens is 252 g/mol. The van der Waals surface area contributed by atoms with Crippen LogP contribution in [-0.2, 0) is 9.53 Å². The lowest BCUT2D eigenvalue weighted by atomic mass is 9.76. The van der Waals surface area contributed by atoms with Gasteiger partial charge in [-0.15, -0.1) is 0 Å². The van der Waals surface area contributed by atoms with Crippen LogP contribution in [-0.4, -0.2) is 18.8 Å². The van der Waals surface area contributed by atoms with Gasteiger partial charge in [0.1, 0.15) is 0 Å².